The van der Waals surface area contributed by atoms with Crippen molar-refractivity contribution in [1.82, 2.24) is 15.1 Å². The summed E-state index contributed by atoms with van der Waals surface area (Å²) < 4.78 is 42.1. The maximum atomic E-state index is 13.7. The molecule has 214 valence electrons. The van der Waals surface area contributed by atoms with Crippen LogP contribution in [0.15, 0.2) is 109 Å². The third kappa shape index (κ3) is 5.83. The fourth-order valence-electron chi connectivity index (χ4n) is 5.12. The first-order valence-electron chi connectivity index (χ1n) is 13.4. The first kappa shape index (κ1) is 27.7. The predicted octanol–water partition coefficient (Wildman–Crippen LogP) is 7.55. The first-order chi connectivity index (χ1) is 20.7. The number of rotatable bonds is 7. The molecule has 6 aromatic rings. The molecule has 0 saturated carbocycles. The molecule has 0 fully saturated rings. The first-order valence-corrected chi connectivity index (χ1v) is 13.4. The number of carbonyl (C=O) groups excluding carboxylic acids is 1. The molecule has 0 unspecified atom stereocenters. The Labute approximate surface area is 244 Å². The van der Waals surface area contributed by atoms with Gasteiger partial charge in [0.05, 0.1) is 34.9 Å². The monoisotopic (exact) mass is 579 g/mol. The number of amides is 1. The number of aromatic carboxylic acids is 1. The molecule has 9 heteroatoms. The van der Waals surface area contributed by atoms with Crippen LogP contribution in [0.4, 0.5) is 13.2 Å². The summed E-state index contributed by atoms with van der Waals surface area (Å²) in [5, 5.41) is 19.3. The van der Waals surface area contributed by atoms with Gasteiger partial charge in [-0.25, -0.2) is 4.79 Å². The summed E-state index contributed by atoms with van der Waals surface area (Å²) >= 11 is 0. The Bertz CT molecular complexity index is 2000. The van der Waals surface area contributed by atoms with Crippen LogP contribution in [0.5, 0.6) is 0 Å². The van der Waals surface area contributed by atoms with E-state index in [1.165, 1.54) is 18.2 Å². The largest absolute Gasteiger partial charge is 0.478 e. The van der Waals surface area contributed by atoms with Crippen molar-refractivity contribution in [2.75, 3.05) is 0 Å². The van der Waals surface area contributed by atoms with Crippen molar-refractivity contribution in [2.45, 2.75) is 19.3 Å². The van der Waals surface area contributed by atoms with Gasteiger partial charge in [-0.2, -0.15) is 18.3 Å². The molecule has 0 bridgehead atoms. The van der Waals surface area contributed by atoms with Gasteiger partial charge in [-0.15, -0.1) is 0 Å². The summed E-state index contributed by atoms with van der Waals surface area (Å²) in [5.41, 5.74) is 2.56. The number of aromatic nitrogens is 2. The van der Waals surface area contributed by atoms with Gasteiger partial charge in [0.25, 0.3) is 5.91 Å². The minimum absolute atomic E-state index is 0.118. The number of hydrogen-bond acceptors (Lipinski definition) is 3. The number of carboxylic acids is 1. The normalized spacial score (nSPS) is 11.6. The van der Waals surface area contributed by atoms with Crippen LogP contribution in [0.1, 0.15) is 37.4 Å². The van der Waals surface area contributed by atoms with Crippen LogP contribution in [0, 0.1) is 0 Å². The summed E-state index contributed by atoms with van der Waals surface area (Å²) in [5.74, 6) is -1.49. The third-order valence-corrected chi connectivity index (χ3v) is 7.30. The van der Waals surface area contributed by atoms with Gasteiger partial charge in [-0.05, 0) is 75.5 Å². The Morgan fingerprint density at radius 1 is 0.767 bits per heavy atom. The molecule has 6 rings (SSSR count). The van der Waals surface area contributed by atoms with E-state index < -0.39 is 23.6 Å². The van der Waals surface area contributed by atoms with Crippen LogP contribution in [-0.4, -0.2) is 26.8 Å². The van der Waals surface area contributed by atoms with E-state index in [1.54, 1.807) is 41.2 Å². The van der Waals surface area contributed by atoms with Crippen LogP contribution in [-0.2, 0) is 19.3 Å². The molecule has 0 radical (unpaired) electrons. The van der Waals surface area contributed by atoms with Crippen LogP contribution in [0.2, 0.25) is 0 Å². The van der Waals surface area contributed by atoms with Crippen LogP contribution in [0.3, 0.4) is 0 Å². The molecule has 0 spiro atoms. The van der Waals surface area contributed by atoms with E-state index in [1.807, 2.05) is 36.4 Å². The lowest BCUT2D eigenvalue weighted by Gasteiger charge is -2.13. The van der Waals surface area contributed by atoms with Crippen LogP contribution >= 0.6 is 0 Å². The van der Waals surface area contributed by atoms with E-state index in [0.29, 0.717) is 34.1 Å². The van der Waals surface area contributed by atoms with E-state index in [4.69, 9.17) is 5.11 Å². The van der Waals surface area contributed by atoms with Gasteiger partial charge in [-0.3, -0.25) is 9.48 Å². The maximum Gasteiger partial charge on any atom is 0.416 e. The molecule has 43 heavy (non-hydrogen) atoms. The van der Waals surface area contributed by atoms with Gasteiger partial charge in [-0.1, -0.05) is 60.7 Å². The predicted molar refractivity (Wildman–Crippen MR) is 158 cm³/mol. The molecule has 0 aliphatic carbocycles. The second kappa shape index (κ2) is 11.1. The molecule has 2 N–H and O–H groups in total. The third-order valence-electron chi connectivity index (χ3n) is 7.30. The molecule has 0 saturated heterocycles. The second-order valence-corrected chi connectivity index (χ2v) is 10.2. The summed E-state index contributed by atoms with van der Waals surface area (Å²) in [6.45, 7) is 0.487. The van der Waals surface area contributed by atoms with Crippen molar-refractivity contribution >= 4 is 33.6 Å². The van der Waals surface area contributed by atoms with Gasteiger partial charge in [0.1, 0.15) is 0 Å². The highest BCUT2D eigenvalue weighted by atomic mass is 19.4. The molecule has 6 nitrogen and oxygen atoms in total. The summed E-state index contributed by atoms with van der Waals surface area (Å²) in [4.78, 5) is 24.8. The molecule has 1 aromatic heterocycles. The Hall–Kier alpha value is -5.44. The Kier molecular flexibility index (Phi) is 7.15. The molecular formula is C34H24F3N3O3. The zero-order chi connectivity index (χ0) is 30.1. The highest BCUT2D eigenvalue weighted by molar-refractivity contribution is 6.07. The Morgan fingerprint density at radius 3 is 2.26 bits per heavy atom. The van der Waals surface area contributed by atoms with Crippen molar-refractivity contribution in [3.8, 4) is 11.1 Å². The minimum atomic E-state index is -4.51. The average molecular weight is 580 g/mol. The molecule has 0 atom stereocenters. The number of alkyl halides is 3. The fraction of sp³-hybridized carbons (Fsp3) is 0.0882. The van der Waals surface area contributed by atoms with E-state index in [9.17, 15) is 22.8 Å². The number of carboxylic acid groups (broad SMARTS) is 1. The number of benzene rings is 5. The zero-order valence-electron chi connectivity index (χ0n) is 22.6. The number of nitrogens with zero attached hydrogens (tertiary/aromatic N) is 2. The smallest absolute Gasteiger partial charge is 0.416 e. The molecule has 1 heterocycles. The van der Waals surface area contributed by atoms with Gasteiger partial charge >= 0.3 is 12.1 Å². The van der Waals surface area contributed by atoms with Crippen molar-refractivity contribution in [3.05, 3.63) is 137 Å². The van der Waals surface area contributed by atoms with Crippen LogP contribution < -0.4 is 5.32 Å². The lowest BCUT2D eigenvalue weighted by atomic mass is 9.98. The summed E-state index contributed by atoms with van der Waals surface area (Å²) in [7, 11) is 0. The summed E-state index contributed by atoms with van der Waals surface area (Å²) in [6.07, 6.45) is -2.91. The van der Waals surface area contributed by atoms with Crippen molar-refractivity contribution in [1.29, 1.82) is 0 Å². The average Bonchev–Trinajstić information content (AvgIpc) is 3.41. The highest BCUT2D eigenvalue weighted by Crippen LogP contribution is 2.34. The number of halogens is 3. The van der Waals surface area contributed by atoms with E-state index in [0.717, 1.165) is 28.5 Å². The van der Waals surface area contributed by atoms with Crippen LogP contribution in [0.25, 0.3) is 32.8 Å². The Balaban J connectivity index is 1.39. The van der Waals surface area contributed by atoms with Gasteiger partial charge in [0.2, 0.25) is 0 Å². The minimum Gasteiger partial charge on any atom is -0.478 e. The second-order valence-electron chi connectivity index (χ2n) is 10.2. The quantitative estimate of drug-likeness (QED) is 0.205. The number of nitrogens with one attached hydrogen (secondary N) is 1. The van der Waals surface area contributed by atoms with Crippen molar-refractivity contribution in [2.24, 2.45) is 0 Å². The summed E-state index contributed by atoms with van der Waals surface area (Å²) in [6, 6.07) is 28.5. The molecule has 1 amide bonds. The lowest BCUT2D eigenvalue weighted by Crippen LogP contribution is -2.24. The SMILES string of the molecule is O=C(O)c1ccc(CNC(=O)c2cc(-c3cccc(C(F)(F)F)c3)cc3cnn(Cc4ccc5ccccc5c4)c23)cc1. The lowest BCUT2D eigenvalue weighted by molar-refractivity contribution is -0.137. The molecular weight excluding hydrogens is 555 g/mol. The van der Waals surface area contributed by atoms with Crippen molar-refractivity contribution < 1.29 is 27.9 Å². The van der Waals surface area contributed by atoms with Gasteiger partial charge < -0.3 is 10.4 Å². The van der Waals surface area contributed by atoms with Crippen molar-refractivity contribution in [3.63, 3.8) is 0 Å². The van der Waals surface area contributed by atoms with Gasteiger partial charge in [0, 0.05) is 11.9 Å². The maximum absolute atomic E-state index is 13.7. The molecule has 0 aliphatic rings. The van der Waals surface area contributed by atoms with E-state index >= 15 is 0 Å². The fourth-order valence-corrected chi connectivity index (χ4v) is 5.12. The Morgan fingerprint density at radius 2 is 1.51 bits per heavy atom. The van der Waals surface area contributed by atoms with Gasteiger partial charge in [0.15, 0.2) is 0 Å². The molecule has 5 aromatic carbocycles. The number of fused-ring (bicyclic) bond motifs is 2. The zero-order valence-corrected chi connectivity index (χ0v) is 22.6. The van der Waals surface area contributed by atoms with E-state index in [2.05, 4.69) is 16.5 Å². The molecule has 0 aliphatic heterocycles. The number of carbonyl (C=O) groups is 2. The number of hydrogen-bond donors (Lipinski definition) is 2. The standard InChI is InChI=1S/C34H24F3N3O3/c35-34(36,37)29-7-3-6-26(16-29)27-15-28-19-39-40(20-22-10-11-23-4-1-2-5-25(23)14-22)31(28)30(17-27)32(41)38-18-21-8-12-24(13-9-21)33(42)43/h1-17,19H,18,20H2,(H,38,41)(H,42,43). The highest BCUT2D eigenvalue weighted by Gasteiger charge is 2.30. The van der Waals surface area contributed by atoms with E-state index in [-0.39, 0.29) is 17.7 Å². The topological polar surface area (TPSA) is 84.2 Å².